The molecule has 1 N–H and O–H groups in total. The summed E-state index contributed by atoms with van der Waals surface area (Å²) in [6.45, 7) is 0.803. The molecule has 19 heavy (non-hydrogen) atoms. The van der Waals surface area contributed by atoms with E-state index in [0.717, 1.165) is 25.8 Å². The Hall–Kier alpha value is -1.95. The van der Waals surface area contributed by atoms with E-state index < -0.39 is 10.9 Å². The maximum atomic E-state index is 11.8. The van der Waals surface area contributed by atoms with E-state index in [-0.39, 0.29) is 17.3 Å². The minimum Gasteiger partial charge on any atom is -0.465 e. The van der Waals surface area contributed by atoms with Gasteiger partial charge in [0.2, 0.25) is 0 Å². The summed E-state index contributed by atoms with van der Waals surface area (Å²) in [5.74, 6) is -0.536. The number of rotatable bonds is 3. The Morgan fingerprint density at radius 3 is 2.84 bits per heavy atom. The number of benzene rings is 1. The van der Waals surface area contributed by atoms with Gasteiger partial charge in [0.05, 0.1) is 23.2 Å². The van der Waals surface area contributed by atoms with Crippen LogP contribution in [0.5, 0.6) is 0 Å². The van der Waals surface area contributed by atoms with E-state index in [9.17, 15) is 14.9 Å². The maximum Gasteiger partial charge on any atom is 0.338 e. The molecule has 1 heterocycles. The third-order valence-electron chi connectivity index (χ3n) is 3.34. The van der Waals surface area contributed by atoms with Crippen molar-refractivity contribution in [3.63, 3.8) is 0 Å². The quantitative estimate of drug-likeness (QED) is 0.514. The topological polar surface area (TPSA) is 81.5 Å². The lowest BCUT2D eigenvalue weighted by Crippen LogP contribution is -2.29. The van der Waals surface area contributed by atoms with Gasteiger partial charge in [0.1, 0.15) is 0 Å². The number of nitrogens with zero attached hydrogens (tertiary/aromatic N) is 1. The Morgan fingerprint density at radius 1 is 1.47 bits per heavy atom. The number of nitrogens with one attached hydrogen (secondary N) is 1. The van der Waals surface area contributed by atoms with Gasteiger partial charge >= 0.3 is 5.97 Å². The first kappa shape index (κ1) is 13.5. The van der Waals surface area contributed by atoms with Crippen LogP contribution in [-0.4, -0.2) is 24.5 Å². The Bertz CT molecular complexity index is 495. The zero-order valence-electron chi connectivity index (χ0n) is 10.7. The third kappa shape index (κ3) is 2.73. The minimum absolute atomic E-state index is 0.0256. The molecular formula is C13H16N2O4. The number of piperidine rings is 1. The lowest BCUT2D eigenvalue weighted by atomic mass is 9.92. The van der Waals surface area contributed by atoms with Gasteiger partial charge in [0.15, 0.2) is 0 Å². The summed E-state index contributed by atoms with van der Waals surface area (Å²) in [7, 11) is 1.28. The third-order valence-corrected chi connectivity index (χ3v) is 3.34. The van der Waals surface area contributed by atoms with Crippen molar-refractivity contribution in [2.45, 2.75) is 25.3 Å². The van der Waals surface area contributed by atoms with Crippen LogP contribution in [0, 0.1) is 10.1 Å². The monoisotopic (exact) mass is 264 g/mol. The van der Waals surface area contributed by atoms with Crippen molar-refractivity contribution in [2.24, 2.45) is 0 Å². The van der Waals surface area contributed by atoms with Crippen LogP contribution in [0.1, 0.15) is 41.2 Å². The van der Waals surface area contributed by atoms with Crippen LogP contribution in [0.4, 0.5) is 5.69 Å². The van der Waals surface area contributed by atoms with E-state index in [2.05, 4.69) is 5.32 Å². The standard InChI is InChI=1S/C13H16N2O4/c1-19-13(16)9-5-4-7-11(15(17)18)12(9)10-6-2-3-8-14-10/h4-5,7,10,14H,2-3,6,8H2,1H3. The Kier molecular flexibility index (Phi) is 4.11. The van der Waals surface area contributed by atoms with Crippen LogP contribution in [0.15, 0.2) is 18.2 Å². The van der Waals surface area contributed by atoms with Gasteiger partial charge in [-0.15, -0.1) is 0 Å². The number of hydrogen-bond acceptors (Lipinski definition) is 5. The predicted molar refractivity (Wildman–Crippen MR) is 69.0 cm³/mol. The van der Waals surface area contributed by atoms with E-state index >= 15 is 0 Å². The van der Waals surface area contributed by atoms with Crippen LogP contribution in [0.2, 0.25) is 0 Å². The van der Waals surface area contributed by atoms with Crippen molar-refractivity contribution >= 4 is 11.7 Å². The number of hydrogen-bond donors (Lipinski definition) is 1. The van der Waals surface area contributed by atoms with E-state index in [0.29, 0.717) is 5.56 Å². The smallest absolute Gasteiger partial charge is 0.338 e. The SMILES string of the molecule is COC(=O)c1cccc([N+](=O)[O-])c1C1CCCCN1. The number of methoxy groups -OCH3 is 1. The van der Waals surface area contributed by atoms with Crippen LogP contribution in [-0.2, 0) is 4.74 Å². The molecule has 0 aromatic heterocycles. The zero-order chi connectivity index (χ0) is 13.8. The van der Waals surface area contributed by atoms with Gasteiger partial charge < -0.3 is 10.1 Å². The molecule has 1 aromatic rings. The van der Waals surface area contributed by atoms with Gasteiger partial charge in [0.25, 0.3) is 5.69 Å². The molecule has 0 radical (unpaired) electrons. The van der Waals surface area contributed by atoms with Crippen molar-refractivity contribution < 1.29 is 14.5 Å². The first-order chi connectivity index (χ1) is 9.15. The van der Waals surface area contributed by atoms with Gasteiger partial charge in [-0.05, 0) is 25.5 Å². The number of esters is 1. The number of carbonyl (C=O) groups excluding carboxylic acids is 1. The largest absolute Gasteiger partial charge is 0.465 e. The minimum atomic E-state index is -0.536. The molecule has 6 heteroatoms. The van der Waals surface area contributed by atoms with Crippen LogP contribution in [0.25, 0.3) is 0 Å². The molecule has 102 valence electrons. The van der Waals surface area contributed by atoms with E-state index in [4.69, 9.17) is 4.74 Å². The molecule has 0 aliphatic carbocycles. The van der Waals surface area contributed by atoms with Gasteiger partial charge in [-0.1, -0.05) is 12.5 Å². The van der Waals surface area contributed by atoms with Crippen molar-refractivity contribution in [2.75, 3.05) is 13.7 Å². The van der Waals surface area contributed by atoms with E-state index in [1.807, 2.05) is 0 Å². The summed E-state index contributed by atoms with van der Waals surface area (Å²) < 4.78 is 4.71. The highest BCUT2D eigenvalue weighted by atomic mass is 16.6. The molecular weight excluding hydrogens is 248 g/mol. The fourth-order valence-electron chi connectivity index (χ4n) is 2.46. The van der Waals surface area contributed by atoms with E-state index in [1.54, 1.807) is 6.07 Å². The second-order valence-corrected chi connectivity index (χ2v) is 4.49. The van der Waals surface area contributed by atoms with Crippen molar-refractivity contribution in [1.29, 1.82) is 0 Å². The maximum absolute atomic E-state index is 11.8. The molecule has 6 nitrogen and oxygen atoms in total. The molecule has 1 aromatic carbocycles. The number of nitro benzene ring substituents is 1. The first-order valence-corrected chi connectivity index (χ1v) is 6.24. The van der Waals surface area contributed by atoms with Crippen molar-refractivity contribution in [3.8, 4) is 0 Å². The van der Waals surface area contributed by atoms with Gasteiger partial charge in [0, 0.05) is 12.1 Å². The fourth-order valence-corrected chi connectivity index (χ4v) is 2.46. The summed E-state index contributed by atoms with van der Waals surface area (Å²) in [4.78, 5) is 22.5. The Labute approximate surface area is 110 Å². The summed E-state index contributed by atoms with van der Waals surface area (Å²) in [5, 5.41) is 14.4. The van der Waals surface area contributed by atoms with Gasteiger partial charge in [-0.25, -0.2) is 4.79 Å². The number of ether oxygens (including phenoxy) is 1. The highest BCUT2D eigenvalue weighted by molar-refractivity contribution is 5.92. The molecule has 1 atom stereocenters. The average Bonchev–Trinajstić information content (AvgIpc) is 2.46. The summed E-state index contributed by atoms with van der Waals surface area (Å²) in [6, 6.07) is 4.35. The number of nitro groups is 1. The lowest BCUT2D eigenvalue weighted by Gasteiger charge is -2.25. The highest BCUT2D eigenvalue weighted by Gasteiger charge is 2.29. The fraction of sp³-hybridized carbons (Fsp3) is 0.462. The summed E-state index contributed by atoms with van der Waals surface area (Å²) in [5.41, 5.74) is 0.692. The second-order valence-electron chi connectivity index (χ2n) is 4.49. The van der Waals surface area contributed by atoms with E-state index in [1.165, 1.54) is 19.2 Å². The lowest BCUT2D eigenvalue weighted by molar-refractivity contribution is -0.385. The van der Waals surface area contributed by atoms with Crippen LogP contribution in [0.3, 0.4) is 0 Å². The molecule has 1 saturated heterocycles. The summed E-state index contributed by atoms with van der Waals surface area (Å²) >= 11 is 0. The molecule has 0 bridgehead atoms. The van der Waals surface area contributed by atoms with Crippen LogP contribution >= 0.6 is 0 Å². The molecule has 2 rings (SSSR count). The van der Waals surface area contributed by atoms with Gasteiger partial charge in [-0.2, -0.15) is 0 Å². The molecule has 1 aliphatic rings. The molecule has 0 spiro atoms. The number of carbonyl (C=O) groups is 1. The van der Waals surface area contributed by atoms with Gasteiger partial charge in [-0.3, -0.25) is 10.1 Å². The molecule has 1 fully saturated rings. The zero-order valence-corrected chi connectivity index (χ0v) is 10.7. The highest BCUT2D eigenvalue weighted by Crippen LogP contribution is 2.33. The molecule has 0 saturated carbocycles. The second kappa shape index (κ2) is 5.79. The molecule has 1 aliphatic heterocycles. The Balaban J connectivity index is 2.51. The van der Waals surface area contributed by atoms with Crippen molar-refractivity contribution in [3.05, 3.63) is 39.4 Å². The normalized spacial score (nSPS) is 18.9. The predicted octanol–water partition coefficient (Wildman–Crippen LogP) is 2.20. The van der Waals surface area contributed by atoms with Crippen molar-refractivity contribution in [1.82, 2.24) is 5.32 Å². The molecule has 0 amide bonds. The first-order valence-electron chi connectivity index (χ1n) is 6.24. The summed E-state index contributed by atoms with van der Waals surface area (Å²) in [6.07, 6.45) is 2.82. The Morgan fingerprint density at radius 2 is 2.26 bits per heavy atom. The van der Waals surface area contributed by atoms with Crippen LogP contribution < -0.4 is 5.32 Å². The average molecular weight is 264 g/mol. The molecule has 1 unspecified atom stereocenters.